The van der Waals surface area contributed by atoms with Crippen LogP contribution >= 0.6 is 22.6 Å². The van der Waals surface area contributed by atoms with E-state index in [-0.39, 0.29) is 18.6 Å². The van der Waals surface area contributed by atoms with Gasteiger partial charge in [-0.1, -0.05) is 76.8 Å². The Balaban J connectivity index is 0.962. The van der Waals surface area contributed by atoms with Crippen LogP contribution in [0, 0.1) is 66.2 Å². The van der Waals surface area contributed by atoms with Crippen molar-refractivity contribution in [2.75, 3.05) is 14.2 Å². The van der Waals surface area contributed by atoms with Crippen LogP contribution < -0.4 is 0 Å². The van der Waals surface area contributed by atoms with Crippen molar-refractivity contribution in [3.63, 3.8) is 0 Å². The lowest BCUT2D eigenvalue weighted by Gasteiger charge is -2.52. The number of fused-ring (bicyclic) bond motifs is 5. The van der Waals surface area contributed by atoms with Crippen LogP contribution in [0.2, 0.25) is 0 Å². The summed E-state index contributed by atoms with van der Waals surface area (Å²) < 4.78 is 23.4. The Kier molecular flexibility index (Phi) is 10.7. The molecule has 11 heteroatoms. The van der Waals surface area contributed by atoms with Crippen molar-refractivity contribution in [1.82, 2.24) is 0 Å². The quantitative estimate of drug-likeness (QED) is 0.0936. The van der Waals surface area contributed by atoms with Crippen molar-refractivity contribution in [3.05, 3.63) is 98.1 Å². The maximum Gasteiger partial charge on any atom is 0.314 e. The molecule has 8 rings (SSSR count). The fourth-order valence-electron chi connectivity index (χ4n) is 13.1. The first-order chi connectivity index (χ1) is 28.8. The number of halogens is 1. The van der Waals surface area contributed by atoms with Crippen LogP contribution in [0.3, 0.4) is 0 Å². The van der Waals surface area contributed by atoms with Crippen LogP contribution in [-0.4, -0.2) is 53.9 Å². The molecule has 10 nitrogen and oxygen atoms in total. The third kappa shape index (κ3) is 6.27. The van der Waals surface area contributed by atoms with Gasteiger partial charge in [0.2, 0.25) is 0 Å². The lowest BCUT2D eigenvalue weighted by Crippen LogP contribution is -2.50. The molecule has 0 heterocycles. The lowest BCUT2D eigenvalue weighted by atomic mass is 9.53. The molecule has 4 fully saturated rings. The number of rotatable bonds is 9. The summed E-state index contributed by atoms with van der Waals surface area (Å²) >= 11 is 2.19. The molecule has 0 saturated heterocycles. The summed E-state index contributed by atoms with van der Waals surface area (Å²) in [5.41, 5.74) is -2.54. The van der Waals surface area contributed by atoms with E-state index < -0.39 is 63.0 Å². The van der Waals surface area contributed by atoms with Crippen molar-refractivity contribution in [1.29, 1.82) is 0 Å². The van der Waals surface area contributed by atoms with E-state index in [0.717, 1.165) is 46.8 Å². The number of aromatic hydroxyl groups is 1. The van der Waals surface area contributed by atoms with E-state index in [1.165, 1.54) is 25.3 Å². The van der Waals surface area contributed by atoms with E-state index in [2.05, 4.69) is 47.4 Å². The minimum atomic E-state index is -1.78. The van der Waals surface area contributed by atoms with Crippen molar-refractivity contribution in [3.8, 4) is 17.6 Å². The van der Waals surface area contributed by atoms with E-state index in [1.807, 2.05) is 54.6 Å². The molecule has 5 aliphatic rings. The smallest absolute Gasteiger partial charge is 0.314 e. The highest BCUT2D eigenvalue weighted by atomic mass is 127. The third-order valence-corrected chi connectivity index (χ3v) is 16.9. The topological polar surface area (TPSA) is 146 Å². The minimum Gasteiger partial charge on any atom is -0.508 e. The summed E-state index contributed by atoms with van der Waals surface area (Å²) in [6.07, 6.45) is 5.38. The lowest BCUT2D eigenvalue weighted by molar-refractivity contribution is -0.171. The minimum absolute atomic E-state index is 0.0325. The van der Waals surface area contributed by atoms with E-state index in [0.29, 0.717) is 35.5 Å². The highest BCUT2D eigenvalue weighted by Crippen LogP contribution is 2.90. The maximum absolute atomic E-state index is 14.1. The van der Waals surface area contributed by atoms with Crippen molar-refractivity contribution >= 4 is 46.5 Å². The molecule has 4 saturated carbocycles. The second-order valence-electron chi connectivity index (χ2n) is 19.4. The predicted molar refractivity (Wildman–Crippen MR) is 233 cm³/mol. The predicted octanol–water partition coefficient (Wildman–Crippen LogP) is 8.05. The fraction of sp³-hybridized carbons (Fsp3) is 0.520. The number of aryl methyl sites for hydroxylation is 1. The molecule has 0 aliphatic heterocycles. The van der Waals surface area contributed by atoms with Gasteiger partial charge in [0.15, 0.2) is 0 Å². The van der Waals surface area contributed by atoms with Crippen LogP contribution in [-0.2, 0) is 57.8 Å². The normalized spacial score (nSPS) is 33.3. The maximum atomic E-state index is 14.1. The standard InChI is InChI=1S/C50H55IO10/c1-45(2)39(49(45,43(55)58-6)50(44(56)59-7)40(46(50,3)4)42(54)61-28-31-12-15-33(51)16-13-31)41(53)60-27-30-10-8-29(9-11-30)20-24-48(57)25-22-38-37-18-14-32-26-34(52)17-19-35(32)36(37)21-23-47(38,48)5/h8-13,15-17,19,26,36-40,52,57H,14,18,21-23,25,27-28H2,1-7H3/t36-,37-,38+,39?,40?,47+,48+,49-,50-/m1/s1. The highest BCUT2D eigenvalue weighted by molar-refractivity contribution is 14.1. The second-order valence-corrected chi connectivity index (χ2v) is 20.6. The summed E-state index contributed by atoms with van der Waals surface area (Å²) in [7, 11) is 2.40. The number of phenolic OH excluding ortho intramolecular Hbond substituents is 1. The zero-order valence-electron chi connectivity index (χ0n) is 35.9. The van der Waals surface area contributed by atoms with E-state index in [1.54, 1.807) is 33.8 Å². The third-order valence-electron chi connectivity index (χ3n) is 16.2. The number of carbonyl (C=O) groups is 4. The van der Waals surface area contributed by atoms with E-state index in [4.69, 9.17) is 18.9 Å². The van der Waals surface area contributed by atoms with Crippen LogP contribution in [0.15, 0.2) is 66.7 Å². The molecule has 322 valence electrons. The zero-order valence-corrected chi connectivity index (χ0v) is 38.1. The highest BCUT2D eigenvalue weighted by Gasteiger charge is 3.00. The molecule has 0 aromatic heterocycles. The summed E-state index contributed by atoms with van der Waals surface area (Å²) in [4.78, 5) is 56.2. The Morgan fingerprint density at radius 3 is 1.82 bits per heavy atom. The Bertz CT molecular complexity index is 2340. The van der Waals surface area contributed by atoms with Gasteiger partial charge in [-0.3, -0.25) is 19.2 Å². The van der Waals surface area contributed by atoms with Gasteiger partial charge in [0.25, 0.3) is 0 Å². The Morgan fingerprint density at radius 1 is 0.738 bits per heavy atom. The summed E-state index contributed by atoms with van der Waals surface area (Å²) in [6, 6.07) is 20.6. The van der Waals surface area contributed by atoms with Gasteiger partial charge in [-0.2, -0.15) is 0 Å². The van der Waals surface area contributed by atoms with E-state index in [9.17, 15) is 29.4 Å². The van der Waals surface area contributed by atoms with Crippen molar-refractivity contribution in [2.24, 2.45) is 50.7 Å². The molecule has 2 N–H and O–H groups in total. The molecule has 0 bridgehead atoms. The first-order valence-corrected chi connectivity index (χ1v) is 22.3. The molecule has 3 aromatic carbocycles. The van der Waals surface area contributed by atoms with Crippen LogP contribution in [0.4, 0.5) is 0 Å². The summed E-state index contributed by atoms with van der Waals surface area (Å²) in [6.45, 7) is 8.92. The van der Waals surface area contributed by atoms with Crippen LogP contribution in [0.1, 0.15) is 100 Å². The Hall–Kier alpha value is -4.41. The molecule has 3 aromatic rings. The molecule has 2 unspecified atom stereocenters. The van der Waals surface area contributed by atoms with Gasteiger partial charge < -0.3 is 29.2 Å². The molecular weight excluding hydrogens is 887 g/mol. The van der Waals surface area contributed by atoms with Gasteiger partial charge in [0, 0.05) is 14.5 Å². The number of aliphatic hydroxyl groups is 1. The number of carbonyl (C=O) groups excluding carboxylic acids is 4. The first-order valence-electron chi connectivity index (χ1n) is 21.3. The number of phenols is 1. The second kappa shape index (κ2) is 15.1. The van der Waals surface area contributed by atoms with Gasteiger partial charge in [-0.15, -0.1) is 0 Å². The average molecular weight is 943 g/mol. The first kappa shape index (κ1) is 43.2. The van der Waals surface area contributed by atoms with Gasteiger partial charge in [-0.25, -0.2) is 0 Å². The fourth-order valence-corrected chi connectivity index (χ4v) is 13.4. The average Bonchev–Trinajstić information content (AvgIpc) is 3.93. The Morgan fingerprint density at radius 2 is 1.28 bits per heavy atom. The number of esters is 4. The number of hydrogen-bond donors (Lipinski definition) is 2. The number of ether oxygens (including phenoxy) is 4. The molecule has 5 aliphatic carbocycles. The summed E-state index contributed by atoms with van der Waals surface area (Å²) in [5, 5.41) is 22.2. The number of benzene rings is 3. The van der Waals surface area contributed by atoms with Gasteiger partial charge >= 0.3 is 23.9 Å². The van der Waals surface area contributed by atoms with Crippen LogP contribution in [0.25, 0.3) is 0 Å². The molecule has 61 heavy (non-hydrogen) atoms. The SMILES string of the molecule is COC(=O)[C@]1([C@@]2(C(=O)OC)C(C(=O)OCc3ccc(C#C[C@]4(O)CC[C@H]5[C@@H]6CCc7cc(O)ccc7[C@H]6CC[C@@]54C)cc3)C2(C)C)C(C(=O)OCc2ccc(I)cc2)C1(C)C. The van der Waals surface area contributed by atoms with Gasteiger partial charge in [-0.05, 0) is 148 Å². The van der Waals surface area contributed by atoms with Gasteiger partial charge in [0.05, 0.1) is 26.1 Å². The Labute approximate surface area is 371 Å². The molecular formula is C50H55IO10. The molecule has 0 radical (unpaired) electrons. The zero-order chi connectivity index (χ0) is 43.9. The largest absolute Gasteiger partial charge is 0.508 e. The number of hydrogen-bond acceptors (Lipinski definition) is 10. The molecule has 0 amide bonds. The monoisotopic (exact) mass is 942 g/mol. The van der Waals surface area contributed by atoms with E-state index >= 15 is 0 Å². The van der Waals surface area contributed by atoms with Crippen LogP contribution in [0.5, 0.6) is 5.75 Å². The molecule has 0 spiro atoms. The van der Waals surface area contributed by atoms with Gasteiger partial charge in [0.1, 0.15) is 35.4 Å². The summed E-state index contributed by atoms with van der Waals surface area (Å²) in [5.74, 6) is 2.95. The molecule has 9 atom stereocenters. The van der Waals surface area contributed by atoms with Crippen molar-refractivity contribution in [2.45, 2.75) is 97.9 Å². The van der Waals surface area contributed by atoms with Crippen molar-refractivity contribution < 1.29 is 48.3 Å². The number of methoxy groups -OCH3 is 2.